The molecule has 4 N–H and O–H groups in total. The summed E-state index contributed by atoms with van der Waals surface area (Å²) in [6.45, 7) is 19.2. The summed E-state index contributed by atoms with van der Waals surface area (Å²) in [4.78, 5) is 33.7. The number of rotatable bonds is 17. The molecule has 0 fully saturated rings. The molecule has 0 saturated heterocycles. The van der Waals surface area contributed by atoms with E-state index < -0.39 is 5.91 Å². The second-order valence-electron chi connectivity index (χ2n) is 10.7. The van der Waals surface area contributed by atoms with E-state index in [0.717, 1.165) is 25.7 Å². The molecule has 0 saturated carbocycles. The van der Waals surface area contributed by atoms with E-state index in [1.165, 1.54) is 19.0 Å². The third kappa shape index (κ3) is 19.0. The molecule has 0 aliphatic heterocycles. The number of aliphatic hydroxyl groups is 1. The van der Waals surface area contributed by atoms with Gasteiger partial charge in [0, 0.05) is 25.8 Å². The van der Waals surface area contributed by atoms with Crippen molar-refractivity contribution < 1.29 is 24.2 Å². The molecule has 3 atom stereocenters. The van der Waals surface area contributed by atoms with Gasteiger partial charge in [0.1, 0.15) is 23.1 Å². The molecule has 0 aliphatic rings. The highest BCUT2D eigenvalue weighted by Crippen LogP contribution is 2.25. The number of aliphatic hydroxyl groups excluding tert-OH is 1. The van der Waals surface area contributed by atoms with Crippen LogP contribution in [0.5, 0.6) is 5.75 Å². The average Bonchev–Trinajstić information content (AvgIpc) is 3.04. The van der Waals surface area contributed by atoms with Gasteiger partial charge in [-0.05, 0) is 63.3 Å². The summed E-state index contributed by atoms with van der Waals surface area (Å²) in [6, 6.07) is 6.62. The van der Waals surface area contributed by atoms with Gasteiger partial charge in [-0.2, -0.15) is 0 Å². The number of carbonyl (C=O) groups excluding carboxylic acids is 2. The summed E-state index contributed by atoms with van der Waals surface area (Å²) >= 11 is 5.81. The van der Waals surface area contributed by atoms with E-state index in [2.05, 4.69) is 60.2 Å². The van der Waals surface area contributed by atoms with Gasteiger partial charge in [-0.15, -0.1) is 0 Å². The molecule has 254 valence electrons. The van der Waals surface area contributed by atoms with Crippen LogP contribution in [-0.2, 0) is 14.3 Å². The average molecular weight is 650 g/mol. The highest BCUT2D eigenvalue weighted by atomic mass is 35.5. The van der Waals surface area contributed by atoms with Gasteiger partial charge < -0.3 is 30.5 Å². The zero-order chi connectivity index (χ0) is 34.2. The van der Waals surface area contributed by atoms with Crippen molar-refractivity contribution in [2.75, 3.05) is 37.5 Å². The number of anilines is 2. The Balaban J connectivity index is 0.00000150. The van der Waals surface area contributed by atoms with Crippen LogP contribution in [0.3, 0.4) is 0 Å². The molecule has 2 unspecified atom stereocenters. The minimum atomic E-state index is -0.399. The Morgan fingerprint density at radius 3 is 2.16 bits per heavy atom. The molecule has 0 radical (unpaired) electrons. The maximum absolute atomic E-state index is 12.9. The fraction of sp³-hybridized carbons (Fsp3) is 0.588. The minimum absolute atomic E-state index is 0.0926. The van der Waals surface area contributed by atoms with Crippen LogP contribution >= 0.6 is 11.6 Å². The summed E-state index contributed by atoms with van der Waals surface area (Å²) in [7, 11) is 1.74. The summed E-state index contributed by atoms with van der Waals surface area (Å²) < 4.78 is 10.6. The first-order valence-electron chi connectivity index (χ1n) is 15.9. The number of aromatic nitrogens is 2. The molecule has 2 aromatic heterocycles. The summed E-state index contributed by atoms with van der Waals surface area (Å²) in [5.41, 5.74) is 0.674. The van der Waals surface area contributed by atoms with Gasteiger partial charge in [0.2, 0.25) is 5.91 Å². The van der Waals surface area contributed by atoms with Crippen LogP contribution in [0, 0.1) is 11.8 Å². The zero-order valence-electron chi connectivity index (χ0n) is 28.5. The fourth-order valence-electron chi connectivity index (χ4n) is 3.50. The Bertz CT molecular complexity index is 1110. The first kappa shape index (κ1) is 41.8. The molecule has 0 bridgehead atoms. The second-order valence-corrected chi connectivity index (χ2v) is 11.1. The van der Waals surface area contributed by atoms with E-state index in [9.17, 15) is 9.59 Å². The Kier molecular flexibility index (Phi) is 23.2. The lowest BCUT2D eigenvalue weighted by Gasteiger charge is -2.19. The molecule has 2 heterocycles. The number of nitrogens with zero attached hydrogens (tertiary/aromatic N) is 2. The molecule has 2 amide bonds. The number of nitrogens with one attached hydrogen (secondary N) is 3. The first-order valence-corrected chi connectivity index (χ1v) is 16.3. The standard InChI is InChI=1S/C25H34ClN5O3.C5H12O2.C4H10/c1-6-16(3)8-9-18(7-2)25(33)29-17(4)24-20(11-13-21(27-5)31-24)34-15-23(32)30-22-12-10-19(26)14-28-22;1-3-7-4-5(2)6;1-3-4-2/h10-14,16,18H,4,6-9,15H2,1-3,5H3,(H,27,31)(H,29,33)(H,28,30,32);5-6H,3-4H2,1-2H3;3-4H2,1-2H3/t16?,18-;;/m1../s1. The Morgan fingerprint density at radius 1 is 1.00 bits per heavy atom. The van der Waals surface area contributed by atoms with Crippen molar-refractivity contribution in [2.45, 2.75) is 93.1 Å². The van der Waals surface area contributed by atoms with E-state index in [-0.39, 0.29) is 24.5 Å². The lowest BCUT2D eigenvalue weighted by molar-refractivity contribution is -0.124. The van der Waals surface area contributed by atoms with Crippen LogP contribution in [0.25, 0.3) is 5.70 Å². The number of amides is 2. The number of ether oxygens (including phenoxy) is 2. The highest BCUT2D eigenvalue weighted by molar-refractivity contribution is 6.30. The summed E-state index contributed by atoms with van der Waals surface area (Å²) in [5.74, 6) is 1.25. The third-order valence-electron chi connectivity index (χ3n) is 6.66. The molecule has 2 aromatic rings. The van der Waals surface area contributed by atoms with Crippen molar-refractivity contribution in [1.82, 2.24) is 15.3 Å². The van der Waals surface area contributed by atoms with Crippen molar-refractivity contribution in [3.8, 4) is 5.75 Å². The molecule has 11 heteroatoms. The summed E-state index contributed by atoms with van der Waals surface area (Å²) in [5, 5.41) is 17.5. The normalized spacial score (nSPS) is 12.2. The lowest BCUT2D eigenvalue weighted by Crippen LogP contribution is -2.30. The van der Waals surface area contributed by atoms with E-state index >= 15 is 0 Å². The molecule has 0 aromatic carbocycles. The lowest BCUT2D eigenvalue weighted by atomic mass is 9.93. The van der Waals surface area contributed by atoms with Gasteiger partial charge >= 0.3 is 0 Å². The van der Waals surface area contributed by atoms with Crippen LogP contribution in [0.4, 0.5) is 11.6 Å². The van der Waals surface area contributed by atoms with E-state index in [0.29, 0.717) is 52.9 Å². The highest BCUT2D eigenvalue weighted by Gasteiger charge is 2.20. The van der Waals surface area contributed by atoms with Gasteiger partial charge in [0.25, 0.3) is 5.91 Å². The van der Waals surface area contributed by atoms with Gasteiger partial charge in [0.15, 0.2) is 6.61 Å². The van der Waals surface area contributed by atoms with Crippen molar-refractivity contribution in [1.29, 1.82) is 0 Å². The van der Waals surface area contributed by atoms with Gasteiger partial charge in [-0.25, -0.2) is 9.97 Å². The predicted octanol–water partition coefficient (Wildman–Crippen LogP) is 7.34. The summed E-state index contributed by atoms with van der Waals surface area (Å²) in [6.07, 6.45) is 7.40. The number of hydrogen-bond donors (Lipinski definition) is 4. The molecule has 45 heavy (non-hydrogen) atoms. The van der Waals surface area contributed by atoms with Crippen molar-refractivity contribution in [2.24, 2.45) is 11.8 Å². The van der Waals surface area contributed by atoms with E-state index in [1.807, 2.05) is 13.8 Å². The molecular formula is C34H56ClN5O5. The van der Waals surface area contributed by atoms with Gasteiger partial charge in [-0.1, -0.05) is 72.1 Å². The smallest absolute Gasteiger partial charge is 0.263 e. The topological polar surface area (TPSA) is 135 Å². The first-order chi connectivity index (χ1) is 21.4. The van der Waals surface area contributed by atoms with Crippen molar-refractivity contribution in [3.05, 3.63) is 47.8 Å². The van der Waals surface area contributed by atoms with Crippen molar-refractivity contribution >= 4 is 40.7 Å². The number of unbranched alkanes of at least 4 members (excludes halogenated alkanes) is 1. The van der Waals surface area contributed by atoms with Crippen LogP contribution < -0.4 is 20.7 Å². The van der Waals surface area contributed by atoms with Gasteiger partial charge in [-0.3, -0.25) is 9.59 Å². The number of pyridine rings is 2. The minimum Gasteiger partial charge on any atom is -0.481 e. The number of carbonyl (C=O) groups is 2. The SMILES string of the molecule is C=C(NC(=O)[C@H](CC)CCC(C)CC)c1nc(NC)ccc1OCC(=O)Nc1ccc(Cl)cn1.CCCC.CCOCC(C)O. The Hall–Kier alpha value is -3.21. The second kappa shape index (κ2) is 25.0. The largest absolute Gasteiger partial charge is 0.481 e. The van der Waals surface area contributed by atoms with Gasteiger partial charge in [0.05, 0.1) is 23.4 Å². The predicted molar refractivity (Wildman–Crippen MR) is 186 cm³/mol. The van der Waals surface area contributed by atoms with Crippen LogP contribution in [-0.4, -0.2) is 59.9 Å². The fourth-order valence-corrected chi connectivity index (χ4v) is 3.61. The molecular weight excluding hydrogens is 594 g/mol. The quantitative estimate of drug-likeness (QED) is 0.140. The zero-order valence-corrected chi connectivity index (χ0v) is 29.3. The van der Waals surface area contributed by atoms with E-state index in [1.54, 1.807) is 38.2 Å². The molecule has 0 spiro atoms. The third-order valence-corrected chi connectivity index (χ3v) is 6.88. The van der Waals surface area contributed by atoms with Crippen LogP contribution in [0.15, 0.2) is 37.0 Å². The van der Waals surface area contributed by atoms with E-state index in [4.69, 9.17) is 26.2 Å². The molecule has 10 nitrogen and oxygen atoms in total. The molecule has 0 aliphatic carbocycles. The Morgan fingerprint density at radius 2 is 1.67 bits per heavy atom. The number of halogens is 1. The van der Waals surface area contributed by atoms with Crippen LogP contribution in [0.1, 0.15) is 92.7 Å². The monoisotopic (exact) mass is 649 g/mol. The molecule has 2 rings (SSSR count). The van der Waals surface area contributed by atoms with Crippen LogP contribution in [0.2, 0.25) is 5.02 Å². The Labute approximate surface area is 275 Å². The maximum Gasteiger partial charge on any atom is 0.263 e. The van der Waals surface area contributed by atoms with Crippen molar-refractivity contribution in [3.63, 3.8) is 0 Å². The maximum atomic E-state index is 12.9. The number of hydrogen-bond acceptors (Lipinski definition) is 8.